The summed E-state index contributed by atoms with van der Waals surface area (Å²) in [5.41, 5.74) is 11.2. The minimum absolute atomic E-state index is 0.0946. The Balaban J connectivity index is 0.000000164. The molecule has 6 aromatic carbocycles. The molecule has 0 fully saturated rings. The molecule has 20 heteroatoms. The molecule has 4 heterocycles. The topological polar surface area (TPSA) is 264 Å². The van der Waals surface area contributed by atoms with E-state index in [1.165, 1.54) is 15.6 Å². The summed E-state index contributed by atoms with van der Waals surface area (Å²) in [5, 5.41) is 42.9. The highest BCUT2D eigenvalue weighted by atomic mass is 19.1. The number of hydrogen-bond acceptors (Lipinski definition) is 13. The van der Waals surface area contributed by atoms with Crippen LogP contribution in [-0.4, -0.2) is 88.7 Å². The van der Waals surface area contributed by atoms with Gasteiger partial charge in [-0.3, -0.25) is 18.8 Å². The van der Waals surface area contributed by atoms with E-state index in [4.69, 9.17) is 21.7 Å². The lowest BCUT2D eigenvalue weighted by molar-refractivity contribution is 0.0690. The van der Waals surface area contributed by atoms with Crippen molar-refractivity contribution in [3.05, 3.63) is 190 Å². The van der Waals surface area contributed by atoms with Crippen LogP contribution >= 0.6 is 0 Å². The van der Waals surface area contributed by atoms with Crippen molar-refractivity contribution in [3.63, 3.8) is 0 Å². The fraction of sp³-hybridized carbons (Fsp3) is 0.0612. The van der Waals surface area contributed by atoms with E-state index in [-0.39, 0.29) is 28.4 Å². The van der Waals surface area contributed by atoms with Gasteiger partial charge < -0.3 is 25.6 Å². The number of carbonyl (C=O) groups is 2. The summed E-state index contributed by atoms with van der Waals surface area (Å²) in [6, 6.07) is 43.7. The number of nitrogen functional groups attached to an aromatic ring is 1. The average Bonchev–Trinajstić information content (AvgIpc) is 4.11. The molecule has 6 N–H and O–H groups in total. The maximum atomic E-state index is 12.6. The number of anilines is 2. The third kappa shape index (κ3) is 11.2. The number of alkyl halides is 1. The number of ether oxygens (including phenoxy) is 2. The number of carboxylic acid groups (broad SMARTS) is 1. The van der Waals surface area contributed by atoms with E-state index < -0.39 is 13.1 Å². The number of rotatable bonds is 9. The summed E-state index contributed by atoms with van der Waals surface area (Å²) in [4.78, 5) is 47.0. The van der Waals surface area contributed by atoms with Crippen LogP contribution in [0.1, 0.15) is 22.3 Å². The fourth-order valence-corrected chi connectivity index (χ4v) is 6.71. The number of aromatic carboxylic acids is 1. The SMILES string of the molecule is COc1cccc(-n2cc(C(=O)Nc3ccc(-c4n[nH]c(=O)c5ccccc45)cc3)nn2)c1.COc1cccc(-n2cc(C(=O)O)nn2)c1.Nc1ccc(-c2n[nH]c(=O)c3ccccc23)cc1.[2H]CF. The second-order valence-electron chi connectivity index (χ2n) is 14.4. The lowest BCUT2D eigenvalue weighted by atomic mass is 10.0. The normalized spacial score (nSPS) is 10.6. The minimum Gasteiger partial charge on any atom is -0.497 e. The lowest BCUT2D eigenvalue weighted by Crippen LogP contribution is -2.12. The molecule has 0 radical (unpaired) electrons. The Hall–Kier alpha value is -9.85. The number of H-pyrrole nitrogens is 2. The van der Waals surface area contributed by atoms with E-state index in [2.05, 4.69) is 46.3 Å². The molecule has 69 heavy (non-hydrogen) atoms. The van der Waals surface area contributed by atoms with Crippen LogP contribution in [0.5, 0.6) is 11.5 Å². The number of fused-ring (bicyclic) bond motifs is 2. The van der Waals surface area contributed by atoms with E-state index in [0.29, 0.717) is 45.0 Å². The zero-order valence-electron chi connectivity index (χ0n) is 37.6. The van der Waals surface area contributed by atoms with Crippen LogP contribution in [-0.2, 0) is 0 Å². The van der Waals surface area contributed by atoms with Gasteiger partial charge in [0.15, 0.2) is 11.4 Å². The molecule has 10 rings (SSSR count). The summed E-state index contributed by atoms with van der Waals surface area (Å²) >= 11 is 0. The molecule has 0 saturated heterocycles. The highest BCUT2D eigenvalue weighted by Crippen LogP contribution is 2.27. The lowest BCUT2D eigenvalue weighted by Gasteiger charge is -2.07. The zero-order chi connectivity index (χ0) is 49.6. The molecule has 0 atom stereocenters. The Morgan fingerprint density at radius 1 is 0.638 bits per heavy atom. The maximum absolute atomic E-state index is 12.6. The molecule has 1 amide bonds. The van der Waals surface area contributed by atoms with Gasteiger partial charge in [0, 0.05) is 45.4 Å². The van der Waals surface area contributed by atoms with Crippen molar-refractivity contribution in [1.29, 1.82) is 0 Å². The molecule has 4 aromatic heterocycles. The molecule has 10 aromatic rings. The van der Waals surface area contributed by atoms with Crippen molar-refractivity contribution < 1.29 is 29.9 Å². The van der Waals surface area contributed by atoms with Crippen molar-refractivity contribution in [1.82, 2.24) is 50.4 Å². The summed E-state index contributed by atoms with van der Waals surface area (Å²) in [7, 11) is 2.14. The number of aromatic nitrogens is 10. The number of benzene rings is 6. The van der Waals surface area contributed by atoms with Gasteiger partial charge in [0.25, 0.3) is 17.0 Å². The second kappa shape index (κ2) is 21.9. The first-order valence-electron chi connectivity index (χ1n) is 21.2. The molecule has 0 bridgehead atoms. The number of halogens is 1. The summed E-state index contributed by atoms with van der Waals surface area (Å²) in [6.45, 7) is 0. The molecule has 346 valence electrons. The Morgan fingerprint density at radius 2 is 1.07 bits per heavy atom. The monoisotopic (exact) mass is 929 g/mol. The van der Waals surface area contributed by atoms with Gasteiger partial charge in [-0.1, -0.05) is 83.2 Å². The number of carboxylic acids is 1. The van der Waals surface area contributed by atoms with Gasteiger partial charge in [0.05, 0.1) is 68.7 Å². The largest absolute Gasteiger partial charge is 0.497 e. The standard InChI is InChI=1S/C24H18N6O3.C14H11N3O.C10H9N3O3.CH3F/c1-33-18-6-4-5-17(13-18)30-14-21(26-29-30)24(32)25-16-11-9-15(10-12-16)22-19-7-2-3-8-20(19)23(31)28-27-22;15-10-7-5-9(6-8-10)13-11-3-1-2-4-12(11)14(18)17-16-13;1-16-8-4-2-3-7(5-8)13-6-9(10(14)15)11-12-13;1-2/h2-14H,1H3,(H,25,32)(H,28,31);1-8H,15H2,(H,17,18);2-6H,1H3,(H,14,15);1H3/i;;;1D. The Labute approximate surface area is 392 Å². The molecular formula is C49H41FN12O7. The summed E-state index contributed by atoms with van der Waals surface area (Å²) < 4.78 is 28.7. The van der Waals surface area contributed by atoms with Gasteiger partial charge in [-0.05, 0) is 60.7 Å². The third-order valence-electron chi connectivity index (χ3n) is 10.1. The maximum Gasteiger partial charge on any atom is 0.358 e. The van der Waals surface area contributed by atoms with Gasteiger partial charge in [-0.2, -0.15) is 10.2 Å². The van der Waals surface area contributed by atoms with Crippen LogP contribution in [0.25, 0.3) is 55.4 Å². The van der Waals surface area contributed by atoms with Crippen LogP contribution in [0.3, 0.4) is 0 Å². The first-order chi connectivity index (χ1) is 34.0. The fourth-order valence-electron chi connectivity index (χ4n) is 6.71. The van der Waals surface area contributed by atoms with Crippen LogP contribution in [0.2, 0.25) is 0 Å². The highest BCUT2D eigenvalue weighted by Gasteiger charge is 2.14. The predicted octanol–water partition coefficient (Wildman–Crippen LogP) is 7.16. The summed E-state index contributed by atoms with van der Waals surface area (Å²) in [5.74, 6) is -0.137. The van der Waals surface area contributed by atoms with E-state index >= 15 is 0 Å². The minimum atomic E-state index is -1.10. The molecule has 0 aliphatic carbocycles. The Bertz CT molecular complexity index is 3530. The molecule has 0 unspecified atom stereocenters. The van der Waals surface area contributed by atoms with Crippen LogP contribution in [0.15, 0.2) is 168 Å². The Kier molecular flexibility index (Phi) is 14.5. The van der Waals surface area contributed by atoms with E-state index in [9.17, 15) is 23.6 Å². The zero-order valence-corrected chi connectivity index (χ0v) is 36.6. The smallest absolute Gasteiger partial charge is 0.358 e. The third-order valence-corrected chi connectivity index (χ3v) is 10.1. The number of nitrogens with zero attached hydrogens (tertiary/aromatic N) is 8. The van der Waals surface area contributed by atoms with Crippen molar-refractivity contribution >= 4 is 44.8 Å². The number of nitrogens with one attached hydrogen (secondary N) is 3. The number of methoxy groups -OCH3 is 2. The molecule has 0 spiro atoms. The highest BCUT2D eigenvalue weighted by molar-refractivity contribution is 6.03. The van der Waals surface area contributed by atoms with E-state index in [1.807, 2.05) is 91.0 Å². The quantitative estimate of drug-likeness (QED) is 0.0900. The molecular weight excluding hydrogens is 888 g/mol. The van der Waals surface area contributed by atoms with Gasteiger partial charge in [-0.25, -0.2) is 24.4 Å². The average molecular weight is 930 g/mol. The first kappa shape index (κ1) is 45.7. The number of amides is 1. The van der Waals surface area contributed by atoms with Gasteiger partial charge in [0.2, 0.25) is 0 Å². The number of hydrogen-bond donors (Lipinski definition) is 5. The Morgan fingerprint density at radius 3 is 1.52 bits per heavy atom. The number of nitrogens with two attached hydrogens (primary N) is 1. The van der Waals surface area contributed by atoms with Gasteiger partial charge >= 0.3 is 5.97 Å². The van der Waals surface area contributed by atoms with Crippen molar-refractivity contribution in [2.24, 2.45) is 0 Å². The van der Waals surface area contributed by atoms with E-state index in [1.54, 1.807) is 75.0 Å². The van der Waals surface area contributed by atoms with Crippen molar-refractivity contribution in [3.8, 4) is 45.4 Å². The van der Waals surface area contributed by atoms with Crippen LogP contribution < -0.4 is 31.6 Å². The number of carbonyl (C=O) groups excluding carboxylic acids is 1. The van der Waals surface area contributed by atoms with E-state index in [0.717, 1.165) is 33.3 Å². The van der Waals surface area contributed by atoms with Crippen molar-refractivity contribution in [2.75, 3.05) is 32.4 Å². The molecule has 0 saturated carbocycles. The molecule has 0 aliphatic heterocycles. The van der Waals surface area contributed by atoms with Gasteiger partial charge in [0.1, 0.15) is 11.5 Å². The van der Waals surface area contributed by atoms with Crippen LogP contribution in [0.4, 0.5) is 15.8 Å². The molecule has 0 aliphatic rings. The first-order valence-corrected chi connectivity index (χ1v) is 20.4. The summed E-state index contributed by atoms with van der Waals surface area (Å²) in [6.07, 6.45) is 2.89. The second-order valence-corrected chi connectivity index (χ2v) is 14.4. The predicted molar refractivity (Wildman–Crippen MR) is 258 cm³/mol. The molecule has 19 nitrogen and oxygen atoms in total. The number of aromatic amines is 2. The van der Waals surface area contributed by atoms with Crippen molar-refractivity contribution in [2.45, 2.75) is 0 Å². The van der Waals surface area contributed by atoms with Crippen LogP contribution in [0, 0.1) is 0 Å². The van der Waals surface area contributed by atoms with Gasteiger partial charge in [-0.15, -0.1) is 10.2 Å².